The molecule has 7 aromatic rings. The summed E-state index contributed by atoms with van der Waals surface area (Å²) in [6.07, 6.45) is 3.94. The van der Waals surface area contributed by atoms with Gasteiger partial charge in [0.15, 0.2) is 0 Å². The summed E-state index contributed by atoms with van der Waals surface area (Å²) in [5, 5.41) is 0.753. The topological polar surface area (TPSA) is 23.6 Å². The normalized spacial score (nSPS) is 13.5. The Kier molecular flexibility index (Phi) is 7.82. The van der Waals surface area contributed by atoms with Crippen LogP contribution in [-0.4, -0.2) is 0 Å². The van der Waals surface area contributed by atoms with Crippen LogP contribution >= 0.6 is 7.44 Å². The van der Waals surface area contributed by atoms with Crippen LogP contribution in [0.1, 0.15) is 0 Å². The molecule has 0 aliphatic carbocycles. The number of rotatable bonds is 7. The van der Waals surface area contributed by atoms with Crippen LogP contribution in [0.2, 0.25) is 0 Å². The van der Waals surface area contributed by atoms with E-state index in [4.69, 9.17) is 0 Å². The molecule has 0 unspecified atom stereocenters. The van der Waals surface area contributed by atoms with E-state index in [9.17, 15) is 0 Å². The van der Waals surface area contributed by atoms with Crippen molar-refractivity contribution in [3.05, 3.63) is 200 Å². The van der Waals surface area contributed by atoms with Gasteiger partial charge in [0.25, 0.3) is 0 Å². The largest absolute Gasteiger partial charge is 0.300 e. The third-order valence-corrected chi connectivity index (χ3v) is 11.7. The molecule has 0 aromatic heterocycles. The van der Waals surface area contributed by atoms with Gasteiger partial charge in [0, 0.05) is 23.8 Å². The molecule has 0 spiro atoms. The standard InChI is InChI=1S/C44H33N2OP/c47-48(44-32-40(36-19-9-3-10-20-36)29-41(33-44)37-21-11-4-12-22-37)45(42-25-13-23-38(30-42)34-15-5-1-6-16-34)27-28-46(48)43-26-14-24-39(31-43)35-17-7-2-8-18-35/h1-33H. The Balaban J connectivity index is 1.34. The second kappa shape index (κ2) is 12.7. The van der Waals surface area contributed by atoms with Crippen LogP contribution in [0, 0.1) is 0 Å². The first-order valence-corrected chi connectivity index (χ1v) is 17.7. The molecule has 0 atom stereocenters. The first kappa shape index (κ1) is 29.5. The molecule has 48 heavy (non-hydrogen) atoms. The van der Waals surface area contributed by atoms with E-state index < -0.39 is 7.44 Å². The maximum absolute atomic E-state index is 16.3. The van der Waals surface area contributed by atoms with Crippen molar-refractivity contribution in [3.63, 3.8) is 0 Å². The van der Waals surface area contributed by atoms with E-state index in [1.54, 1.807) is 0 Å². The molecule has 3 nitrogen and oxygen atoms in total. The van der Waals surface area contributed by atoms with E-state index in [1.807, 2.05) is 119 Å². The van der Waals surface area contributed by atoms with Crippen molar-refractivity contribution in [2.75, 3.05) is 9.34 Å². The van der Waals surface area contributed by atoms with E-state index >= 15 is 4.57 Å². The fraction of sp³-hybridized carbons (Fsp3) is 0. The molecule has 1 aliphatic heterocycles. The van der Waals surface area contributed by atoms with Gasteiger partial charge in [0.1, 0.15) is 0 Å². The molecule has 0 bridgehead atoms. The predicted octanol–water partition coefficient (Wildman–Crippen LogP) is 11.7. The van der Waals surface area contributed by atoms with Crippen LogP contribution in [0.5, 0.6) is 0 Å². The summed E-state index contributed by atoms with van der Waals surface area (Å²) in [4.78, 5) is 0. The van der Waals surface area contributed by atoms with Gasteiger partial charge in [-0.2, -0.15) is 0 Å². The summed E-state index contributed by atoms with van der Waals surface area (Å²) in [7, 11) is -3.55. The zero-order valence-corrected chi connectivity index (χ0v) is 27.2. The molecule has 0 radical (unpaired) electrons. The highest BCUT2D eigenvalue weighted by Gasteiger charge is 2.43. The third kappa shape index (κ3) is 5.55. The minimum atomic E-state index is -3.55. The zero-order valence-electron chi connectivity index (χ0n) is 26.3. The van der Waals surface area contributed by atoms with E-state index in [-0.39, 0.29) is 0 Å². The van der Waals surface area contributed by atoms with Crippen molar-refractivity contribution in [2.45, 2.75) is 0 Å². The van der Waals surface area contributed by atoms with Crippen molar-refractivity contribution in [1.82, 2.24) is 0 Å². The molecule has 1 heterocycles. The SMILES string of the molecule is O=P1(c2cc(-c3ccccc3)cc(-c3ccccc3)c2)N(c2cccc(-c3ccccc3)c2)C=CN1c1cccc(-c2ccccc2)c1. The summed E-state index contributed by atoms with van der Waals surface area (Å²) >= 11 is 0. The summed E-state index contributed by atoms with van der Waals surface area (Å²) in [6.45, 7) is 0. The minimum Gasteiger partial charge on any atom is -0.277 e. The van der Waals surface area contributed by atoms with Gasteiger partial charge in [-0.1, -0.05) is 146 Å². The minimum absolute atomic E-state index is 0.753. The van der Waals surface area contributed by atoms with Crippen LogP contribution in [0.25, 0.3) is 44.5 Å². The molecule has 0 amide bonds. The summed E-state index contributed by atoms with van der Waals surface area (Å²) in [6, 6.07) is 64.4. The Bertz CT molecular complexity index is 2110. The maximum atomic E-state index is 16.3. The molecule has 4 heteroatoms. The van der Waals surface area contributed by atoms with Gasteiger partial charge in [0.2, 0.25) is 0 Å². The third-order valence-electron chi connectivity index (χ3n) is 8.84. The van der Waals surface area contributed by atoms with E-state index in [1.165, 1.54) is 0 Å². The number of hydrogen-bond acceptors (Lipinski definition) is 1. The van der Waals surface area contributed by atoms with Gasteiger partial charge in [-0.3, -0.25) is 13.9 Å². The molecular formula is C44H33N2OP. The van der Waals surface area contributed by atoms with Crippen molar-refractivity contribution in [3.8, 4) is 44.5 Å². The van der Waals surface area contributed by atoms with Gasteiger partial charge in [-0.05, 0) is 87.0 Å². The lowest BCUT2D eigenvalue weighted by molar-refractivity contribution is 0.582. The molecule has 1 aliphatic rings. The summed E-state index contributed by atoms with van der Waals surface area (Å²) in [5.74, 6) is 0. The average molecular weight is 637 g/mol. The Morgan fingerprint density at radius 2 is 0.646 bits per heavy atom. The van der Waals surface area contributed by atoms with Gasteiger partial charge in [0.05, 0.1) is 5.30 Å². The first-order chi connectivity index (χ1) is 23.7. The van der Waals surface area contributed by atoms with Crippen LogP contribution in [0.4, 0.5) is 11.4 Å². The number of hydrogen-bond donors (Lipinski definition) is 0. The second-order valence-electron chi connectivity index (χ2n) is 11.9. The van der Waals surface area contributed by atoms with E-state index in [0.29, 0.717) is 0 Å². The van der Waals surface area contributed by atoms with Crippen LogP contribution in [-0.2, 0) is 4.57 Å². The first-order valence-electron chi connectivity index (χ1n) is 16.1. The Labute approximate surface area is 282 Å². The van der Waals surface area contributed by atoms with Gasteiger partial charge < -0.3 is 0 Å². The number of nitrogens with zero attached hydrogens (tertiary/aromatic N) is 2. The molecule has 0 saturated heterocycles. The highest BCUT2D eigenvalue weighted by molar-refractivity contribution is 7.75. The molecule has 7 aromatic carbocycles. The Morgan fingerprint density at radius 3 is 1.02 bits per heavy atom. The second-order valence-corrected chi connectivity index (χ2v) is 14.3. The quantitative estimate of drug-likeness (QED) is 0.163. The fourth-order valence-electron chi connectivity index (χ4n) is 6.44. The zero-order chi connectivity index (χ0) is 32.3. The summed E-state index contributed by atoms with van der Waals surface area (Å²) in [5.41, 5.74) is 10.3. The molecule has 230 valence electrons. The predicted molar refractivity (Wildman–Crippen MR) is 202 cm³/mol. The number of anilines is 2. The summed E-state index contributed by atoms with van der Waals surface area (Å²) < 4.78 is 20.3. The highest BCUT2D eigenvalue weighted by Crippen LogP contribution is 2.60. The fourth-order valence-corrected chi connectivity index (χ4v) is 9.11. The Morgan fingerprint density at radius 1 is 0.312 bits per heavy atom. The van der Waals surface area contributed by atoms with Crippen molar-refractivity contribution < 1.29 is 4.57 Å². The maximum Gasteiger partial charge on any atom is 0.300 e. The molecular weight excluding hydrogens is 603 g/mol. The molecule has 0 fully saturated rings. The van der Waals surface area contributed by atoms with Crippen molar-refractivity contribution in [1.29, 1.82) is 0 Å². The number of benzene rings is 7. The van der Waals surface area contributed by atoms with Crippen LogP contribution < -0.4 is 14.6 Å². The van der Waals surface area contributed by atoms with E-state index in [2.05, 4.69) is 91.0 Å². The monoisotopic (exact) mass is 636 g/mol. The van der Waals surface area contributed by atoms with Gasteiger partial charge >= 0.3 is 7.44 Å². The van der Waals surface area contributed by atoms with Crippen LogP contribution in [0.3, 0.4) is 0 Å². The highest BCUT2D eigenvalue weighted by atomic mass is 31.2. The molecule has 0 N–H and O–H groups in total. The van der Waals surface area contributed by atoms with Gasteiger partial charge in [-0.25, -0.2) is 0 Å². The average Bonchev–Trinajstić information content (AvgIpc) is 3.54. The van der Waals surface area contributed by atoms with Gasteiger partial charge in [-0.15, -0.1) is 0 Å². The molecule has 0 saturated carbocycles. The molecule has 8 rings (SSSR count). The lowest BCUT2D eigenvalue weighted by atomic mass is 9.99. The lowest BCUT2D eigenvalue weighted by Crippen LogP contribution is -2.27. The van der Waals surface area contributed by atoms with Crippen LogP contribution in [0.15, 0.2) is 200 Å². The lowest BCUT2D eigenvalue weighted by Gasteiger charge is -2.34. The van der Waals surface area contributed by atoms with Crippen molar-refractivity contribution >= 4 is 24.1 Å². The smallest absolute Gasteiger partial charge is 0.277 e. The Hall–Kier alpha value is -5.89. The van der Waals surface area contributed by atoms with E-state index in [0.717, 1.165) is 61.2 Å². The van der Waals surface area contributed by atoms with Crippen molar-refractivity contribution in [2.24, 2.45) is 0 Å².